The van der Waals surface area contributed by atoms with Gasteiger partial charge >= 0.3 is 5.97 Å². The number of carbonyl (C=O) groups excluding carboxylic acids is 2. The largest absolute Gasteiger partial charge is 0.459 e. The topological polar surface area (TPSA) is 68.3 Å². The van der Waals surface area contributed by atoms with E-state index in [1.807, 2.05) is 0 Å². The van der Waals surface area contributed by atoms with Crippen LogP contribution in [-0.4, -0.2) is 31.4 Å². The van der Waals surface area contributed by atoms with Crippen LogP contribution in [0.2, 0.25) is 0 Å². The molecule has 0 bridgehead atoms. The average Bonchev–Trinajstić information content (AvgIpc) is 3.28. The van der Waals surface area contributed by atoms with Gasteiger partial charge < -0.3 is 9.47 Å². The van der Waals surface area contributed by atoms with E-state index in [4.69, 9.17) is 9.47 Å². The maximum Gasteiger partial charge on any atom is 0.337 e. The lowest BCUT2D eigenvalue weighted by atomic mass is 10.1. The molecule has 0 saturated carbocycles. The van der Waals surface area contributed by atoms with Gasteiger partial charge in [-0.2, -0.15) is 4.99 Å². The molecule has 2 rings (SSSR count). The fraction of sp³-hybridized carbons (Fsp3) is 0.200. The fourth-order valence-electron chi connectivity index (χ4n) is 1.40. The lowest BCUT2D eigenvalue weighted by Crippen LogP contribution is -2.10. The second kappa shape index (κ2) is 6.61. The Morgan fingerprint density at radius 3 is 2.80 bits per heavy atom. The summed E-state index contributed by atoms with van der Waals surface area (Å²) in [6.45, 7) is 4.56. The summed E-state index contributed by atoms with van der Waals surface area (Å²) in [5.74, 6) is -0.459. The van der Waals surface area contributed by atoms with Gasteiger partial charge in [-0.1, -0.05) is 24.8 Å². The number of rotatable bonds is 6. The Hall–Kier alpha value is -2.49. The minimum atomic E-state index is -0.459. The standard InChI is InChI=1S/C15H13NO4/c1-11(15(18)20-9-14-8-19-14)2-3-12-4-6-13(7-5-12)16-10-17/h2-7,14H,1,8-9H2. The van der Waals surface area contributed by atoms with E-state index in [9.17, 15) is 9.59 Å². The molecule has 0 amide bonds. The number of ether oxygens (including phenoxy) is 2. The van der Waals surface area contributed by atoms with Crippen molar-refractivity contribution in [3.63, 3.8) is 0 Å². The van der Waals surface area contributed by atoms with Crippen molar-refractivity contribution in [3.8, 4) is 0 Å². The van der Waals surface area contributed by atoms with E-state index >= 15 is 0 Å². The monoisotopic (exact) mass is 271 g/mol. The predicted octanol–water partition coefficient (Wildman–Crippen LogP) is 2.17. The van der Waals surface area contributed by atoms with Crippen LogP contribution in [0, 0.1) is 0 Å². The second-order valence-corrected chi connectivity index (χ2v) is 4.21. The van der Waals surface area contributed by atoms with Gasteiger partial charge in [0.05, 0.1) is 17.9 Å². The number of hydrogen-bond donors (Lipinski definition) is 0. The van der Waals surface area contributed by atoms with Crippen molar-refractivity contribution in [1.82, 2.24) is 0 Å². The lowest BCUT2D eigenvalue weighted by molar-refractivity contribution is -0.139. The Morgan fingerprint density at radius 2 is 2.20 bits per heavy atom. The molecule has 1 atom stereocenters. The highest BCUT2D eigenvalue weighted by atomic mass is 16.6. The third-order valence-electron chi connectivity index (χ3n) is 2.61. The van der Waals surface area contributed by atoms with Crippen molar-refractivity contribution in [2.75, 3.05) is 13.2 Å². The third kappa shape index (κ3) is 4.31. The lowest BCUT2D eigenvalue weighted by Gasteiger charge is -2.01. The Kier molecular flexibility index (Phi) is 4.60. The van der Waals surface area contributed by atoms with Crippen LogP contribution in [0.3, 0.4) is 0 Å². The van der Waals surface area contributed by atoms with Gasteiger partial charge in [0.1, 0.15) is 12.7 Å². The number of hydrogen-bond acceptors (Lipinski definition) is 5. The quantitative estimate of drug-likeness (QED) is 0.198. The van der Waals surface area contributed by atoms with Crippen molar-refractivity contribution in [1.29, 1.82) is 0 Å². The number of benzene rings is 1. The summed E-state index contributed by atoms with van der Waals surface area (Å²) in [6, 6.07) is 6.89. The first-order valence-electron chi connectivity index (χ1n) is 6.02. The van der Waals surface area contributed by atoms with Crippen LogP contribution in [0.5, 0.6) is 0 Å². The van der Waals surface area contributed by atoms with Gasteiger partial charge in [0.25, 0.3) is 0 Å². The molecule has 1 heterocycles. The number of nitrogens with zero attached hydrogens (tertiary/aromatic N) is 1. The zero-order valence-electron chi connectivity index (χ0n) is 10.7. The van der Waals surface area contributed by atoms with E-state index < -0.39 is 5.97 Å². The van der Waals surface area contributed by atoms with Crippen molar-refractivity contribution >= 4 is 23.8 Å². The highest BCUT2D eigenvalue weighted by Crippen LogP contribution is 2.14. The molecule has 0 N–H and O–H groups in total. The Labute approximate surface area is 116 Å². The van der Waals surface area contributed by atoms with Crippen LogP contribution in [-0.2, 0) is 19.1 Å². The molecule has 1 aliphatic rings. The molecule has 0 radical (unpaired) electrons. The molecule has 0 aliphatic carbocycles. The van der Waals surface area contributed by atoms with Crippen molar-refractivity contribution in [2.24, 2.45) is 4.99 Å². The van der Waals surface area contributed by atoms with Gasteiger partial charge in [-0.25, -0.2) is 9.59 Å². The van der Waals surface area contributed by atoms with Crippen LogP contribution < -0.4 is 0 Å². The molecule has 1 fully saturated rings. The summed E-state index contributed by atoms with van der Waals surface area (Å²) in [4.78, 5) is 25.1. The SMILES string of the molecule is C=C(C=Cc1ccc(N=C=O)cc1)C(=O)OCC1CO1. The number of carbonyl (C=O) groups is 1. The summed E-state index contributed by atoms with van der Waals surface area (Å²) in [7, 11) is 0. The maximum absolute atomic E-state index is 11.5. The number of epoxide rings is 1. The smallest absolute Gasteiger partial charge is 0.337 e. The van der Waals surface area contributed by atoms with Crippen LogP contribution >= 0.6 is 0 Å². The summed E-state index contributed by atoms with van der Waals surface area (Å²) in [6.07, 6.45) is 4.82. The molecule has 1 aliphatic heterocycles. The van der Waals surface area contributed by atoms with Gasteiger partial charge in [0.15, 0.2) is 0 Å². The highest BCUT2D eigenvalue weighted by Gasteiger charge is 2.24. The average molecular weight is 271 g/mol. The van der Waals surface area contributed by atoms with E-state index in [-0.39, 0.29) is 18.3 Å². The first kappa shape index (κ1) is 13.9. The van der Waals surface area contributed by atoms with E-state index in [1.165, 1.54) is 6.08 Å². The van der Waals surface area contributed by atoms with Gasteiger partial charge in [0, 0.05) is 0 Å². The minimum Gasteiger partial charge on any atom is -0.459 e. The van der Waals surface area contributed by atoms with Crippen LogP contribution in [0.4, 0.5) is 5.69 Å². The van der Waals surface area contributed by atoms with Gasteiger partial charge in [0.2, 0.25) is 6.08 Å². The molecule has 1 saturated heterocycles. The Bertz CT molecular complexity index is 578. The highest BCUT2D eigenvalue weighted by molar-refractivity contribution is 5.92. The molecule has 0 spiro atoms. The van der Waals surface area contributed by atoms with Crippen LogP contribution in [0.25, 0.3) is 6.08 Å². The van der Waals surface area contributed by atoms with Crippen molar-refractivity contribution in [2.45, 2.75) is 6.10 Å². The maximum atomic E-state index is 11.5. The van der Waals surface area contributed by atoms with E-state index in [0.29, 0.717) is 12.3 Å². The number of isocyanates is 1. The van der Waals surface area contributed by atoms with Crippen LogP contribution in [0.15, 0.2) is 47.5 Å². The molecular weight excluding hydrogens is 258 g/mol. The zero-order chi connectivity index (χ0) is 14.4. The molecular formula is C15H13NO4. The molecule has 1 unspecified atom stereocenters. The van der Waals surface area contributed by atoms with Gasteiger partial charge in [-0.3, -0.25) is 0 Å². The normalized spacial score (nSPS) is 16.5. The van der Waals surface area contributed by atoms with Crippen molar-refractivity contribution in [3.05, 3.63) is 48.1 Å². The summed E-state index contributed by atoms with van der Waals surface area (Å²) in [5.41, 5.74) is 1.65. The molecule has 20 heavy (non-hydrogen) atoms. The zero-order valence-corrected chi connectivity index (χ0v) is 10.7. The molecule has 5 heteroatoms. The summed E-state index contributed by atoms with van der Waals surface area (Å²) >= 11 is 0. The molecule has 0 aromatic heterocycles. The number of esters is 1. The van der Waals surface area contributed by atoms with E-state index in [0.717, 1.165) is 5.56 Å². The Morgan fingerprint density at radius 1 is 1.50 bits per heavy atom. The van der Waals surface area contributed by atoms with Gasteiger partial charge in [-0.05, 0) is 23.8 Å². The van der Waals surface area contributed by atoms with Gasteiger partial charge in [-0.15, -0.1) is 0 Å². The molecule has 1 aromatic carbocycles. The third-order valence-corrected chi connectivity index (χ3v) is 2.61. The first-order chi connectivity index (χ1) is 9.69. The summed E-state index contributed by atoms with van der Waals surface area (Å²) < 4.78 is 9.93. The minimum absolute atomic E-state index is 0.0432. The fourth-order valence-corrected chi connectivity index (χ4v) is 1.40. The van der Waals surface area contributed by atoms with E-state index in [2.05, 4.69) is 11.6 Å². The second-order valence-electron chi connectivity index (χ2n) is 4.21. The summed E-state index contributed by atoms with van der Waals surface area (Å²) in [5, 5.41) is 0. The van der Waals surface area contributed by atoms with Crippen molar-refractivity contribution < 1.29 is 19.1 Å². The molecule has 102 valence electrons. The predicted molar refractivity (Wildman–Crippen MR) is 73.1 cm³/mol. The van der Waals surface area contributed by atoms with Crippen LogP contribution in [0.1, 0.15) is 5.56 Å². The Balaban J connectivity index is 1.88. The number of aliphatic imine (C=N–C) groups is 1. The van der Waals surface area contributed by atoms with E-state index in [1.54, 1.807) is 36.4 Å². The first-order valence-corrected chi connectivity index (χ1v) is 6.02. The molecule has 1 aromatic rings. The molecule has 5 nitrogen and oxygen atoms in total.